The molecule has 0 fully saturated rings. The summed E-state index contributed by atoms with van der Waals surface area (Å²) in [5.74, 6) is -1.19. The number of carboxylic acids is 1. The molecule has 0 unspecified atom stereocenters. The fourth-order valence-electron chi connectivity index (χ4n) is 4.68. The fourth-order valence-corrected chi connectivity index (χ4v) is 4.68. The number of hydrogen-bond donors (Lipinski definition) is 1. The summed E-state index contributed by atoms with van der Waals surface area (Å²) < 4.78 is 0. The van der Waals surface area contributed by atoms with Crippen molar-refractivity contribution in [2.75, 3.05) is 28.4 Å². The summed E-state index contributed by atoms with van der Waals surface area (Å²) in [5, 5.41) is 14.9. The second-order valence-corrected chi connectivity index (χ2v) is 9.34. The molecule has 196 valence electrons. The monoisotopic (exact) mass is 522 g/mol. The first-order valence-corrected chi connectivity index (χ1v) is 12.3. The lowest BCUT2D eigenvalue weighted by Crippen LogP contribution is -2.47. The van der Waals surface area contributed by atoms with Crippen LogP contribution >= 0.6 is 0 Å². The van der Waals surface area contributed by atoms with Crippen LogP contribution in [0.3, 0.4) is 0 Å². The van der Waals surface area contributed by atoms with Crippen molar-refractivity contribution in [3.63, 3.8) is 0 Å². The van der Waals surface area contributed by atoms with E-state index in [4.69, 9.17) is 10.1 Å². The number of hydrazone groups is 1. The fraction of sp³-hybridized carbons (Fsp3) is 0.172. The molecule has 0 aliphatic carbocycles. The minimum absolute atomic E-state index is 0.127. The van der Waals surface area contributed by atoms with E-state index in [1.165, 1.54) is 9.91 Å². The molecule has 5 rings (SSSR count). The summed E-state index contributed by atoms with van der Waals surface area (Å²) in [6.45, 7) is 5.25. The Labute approximate surface area is 225 Å². The van der Waals surface area contributed by atoms with Crippen molar-refractivity contribution in [3.8, 4) is 0 Å². The molecule has 1 N–H and O–H groups in total. The number of anilines is 3. The van der Waals surface area contributed by atoms with Gasteiger partial charge in [-0.25, -0.2) is 9.98 Å². The van der Waals surface area contributed by atoms with Gasteiger partial charge in [0.1, 0.15) is 12.3 Å². The van der Waals surface area contributed by atoms with Gasteiger partial charge in [0.05, 0.1) is 16.9 Å². The van der Waals surface area contributed by atoms with Gasteiger partial charge in [-0.2, -0.15) is 5.01 Å². The largest absolute Gasteiger partial charge is 0.480 e. The molecule has 0 bridgehead atoms. The summed E-state index contributed by atoms with van der Waals surface area (Å²) in [4.78, 5) is 50.9. The van der Waals surface area contributed by atoms with E-state index in [1.54, 1.807) is 67.5 Å². The number of likely N-dealkylation sites (N-methyl/N-ethyl adjacent to an activating group) is 1. The maximum Gasteiger partial charge on any atom is 0.323 e. The molecule has 0 saturated carbocycles. The number of fused-ring (bicyclic) bond motifs is 1. The third-order valence-corrected chi connectivity index (χ3v) is 6.57. The van der Waals surface area contributed by atoms with E-state index in [9.17, 15) is 14.4 Å². The SMILES string of the molecule is CC1=C2C(=O)N(c3ccccn3)N=C2N(c2ccccc2)C(=O)C1=Nc1c(C)cc(N(C)CC(=O)O)cc1C. The summed E-state index contributed by atoms with van der Waals surface area (Å²) in [6, 6.07) is 17.8. The van der Waals surface area contributed by atoms with E-state index >= 15 is 0 Å². The number of amides is 2. The number of pyridine rings is 1. The number of carboxylic acid groups (broad SMARTS) is 1. The third kappa shape index (κ3) is 4.56. The zero-order valence-corrected chi connectivity index (χ0v) is 21.9. The first kappa shape index (κ1) is 25.5. The number of amidine groups is 1. The van der Waals surface area contributed by atoms with Crippen molar-refractivity contribution < 1.29 is 19.5 Å². The number of para-hydroxylation sites is 1. The number of nitrogens with zero attached hydrogens (tertiary/aromatic N) is 6. The molecule has 2 amide bonds. The number of benzene rings is 2. The van der Waals surface area contributed by atoms with Gasteiger partial charge in [0.2, 0.25) is 0 Å². The number of aromatic nitrogens is 1. The smallest absolute Gasteiger partial charge is 0.323 e. The van der Waals surface area contributed by atoms with Gasteiger partial charge in [0.25, 0.3) is 11.8 Å². The van der Waals surface area contributed by atoms with E-state index in [0.717, 1.165) is 16.8 Å². The Morgan fingerprint density at radius 3 is 2.26 bits per heavy atom. The lowest BCUT2D eigenvalue weighted by Gasteiger charge is -2.28. The highest BCUT2D eigenvalue weighted by Gasteiger charge is 2.45. The highest BCUT2D eigenvalue weighted by Crippen LogP contribution is 2.35. The maximum atomic E-state index is 14.0. The van der Waals surface area contributed by atoms with Crippen molar-refractivity contribution in [2.24, 2.45) is 10.1 Å². The summed E-state index contributed by atoms with van der Waals surface area (Å²) in [5.41, 5.74) is 4.19. The van der Waals surface area contributed by atoms with Crippen LogP contribution in [0.4, 0.5) is 22.9 Å². The quantitative estimate of drug-likeness (QED) is 0.523. The van der Waals surface area contributed by atoms with Crippen LogP contribution in [0.1, 0.15) is 18.1 Å². The molecule has 3 aromatic rings. The van der Waals surface area contributed by atoms with Crippen LogP contribution in [0.25, 0.3) is 0 Å². The Morgan fingerprint density at radius 2 is 1.64 bits per heavy atom. The zero-order valence-electron chi connectivity index (χ0n) is 21.9. The van der Waals surface area contributed by atoms with Crippen molar-refractivity contribution in [2.45, 2.75) is 20.8 Å². The van der Waals surface area contributed by atoms with Crippen LogP contribution in [0.15, 0.2) is 88.1 Å². The number of aliphatic carboxylic acids is 1. The number of aliphatic imine (C=N–C) groups is 1. The van der Waals surface area contributed by atoms with Crippen LogP contribution in [-0.4, -0.2) is 53.0 Å². The van der Waals surface area contributed by atoms with Crippen molar-refractivity contribution in [3.05, 3.63) is 89.1 Å². The second kappa shape index (κ2) is 9.97. The minimum Gasteiger partial charge on any atom is -0.480 e. The van der Waals surface area contributed by atoms with Crippen molar-refractivity contribution in [1.29, 1.82) is 0 Å². The molecule has 3 heterocycles. The average molecular weight is 523 g/mol. The van der Waals surface area contributed by atoms with Crippen LogP contribution in [0.5, 0.6) is 0 Å². The molecule has 1 aromatic heterocycles. The maximum absolute atomic E-state index is 14.0. The van der Waals surface area contributed by atoms with Crippen molar-refractivity contribution >= 4 is 52.2 Å². The average Bonchev–Trinajstić information content (AvgIpc) is 3.25. The molecule has 0 saturated heterocycles. The van der Waals surface area contributed by atoms with Gasteiger partial charge in [0.15, 0.2) is 11.7 Å². The molecule has 2 aliphatic rings. The minimum atomic E-state index is -0.938. The normalized spacial score (nSPS) is 16.1. The predicted octanol–water partition coefficient (Wildman–Crippen LogP) is 4.02. The number of carbonyl (C=O) groups excluding carboxylic acids is 2. The van der Waals surface area contributed by atoms with Crippen LogP contribution in [0, 0.1) is 13.8 Å². The van der Waals surface area contributed by atoms with Gasteiger partial charge in [-0.05, 0) is 73.9 Å². The molecule has 0 radical (unpaired) electrons. The summed E-state index contributed by atoms with van der Waals surface area (Å²) in [6.07, 6.45) is 1.57. The molecule has 2 aliphatic heterocycles. The molecule has 2 aromatic carbocycles. The third-order valence-electron chi connectivity index (χ3n) is 6.57. The standard InChI is InChI=1S/C29H26N6O4/c1-17-14-21(33(4)16-23(36)37)15-18(2)25(17)31-26-19(3)24-27(34(29(26)39)20-10-6-5-7-11-20)32-35(28(24)38)22-12-8-9-13-30-22/h5-15H,16H2,1-4H3,(H,36,37). The Morgan fingerprint density at radius 1 is 0.974 bits per heavy atom. The van der Waals surface area contributed by atoms with Gasteiger partial charge < -0.3 is 10.0 Å². The number of rotatable bonds is 6. The predicted molar refractivity (Wildman–Crippen MR) is 150 cm³/mol. The van der Waals surface area contributed by atoms with Gasteiger partial charge >= 0.3 is 5.97 Å². The summed E-state index contributed by atoms with van der Waals surface area (Å²) >= 11 is 0. The van der Waals surface area contributed by atoms with Gasteiger partial charge in [0, 0.05) is 18.9 Å². The van der Waals surface area contributed by atoms with E-state index in [0.29, 0.717) is 22.8 Å². The number of aryl methyl sites for hydroxylation is 2. The second-order valence-electron chi connectivity index (χ2n) is 9.34. The Bertz CT molecular complexity index is 1570. The zero-order chi connectivity index (χ0) is 27.8. The number of hydrogen-bond acceptors (Lipinski definition) is 7. The van der Waals surface area contributed by atoms with E-state index in [2.05, 4.69) is 10.1 Å². The number of carbonyl (C=O) groups is 3. The first-order valence-electron chi connectivity index (χ1n) is 12.3. The van der Waals surface area contributed by atoms with Crippen molar-refractivity contribution in [1.82, 2.24) is 4.98 Å². The molecule has 10 nitrogen and oxygen atoms in total. The highest BCUT2D eigenvalue weighted by atomic mass is 16.4. The lowest BCUT2D eigenvalue weighted by atomic mass is 9.96. The molecular weight excluding hydrogens is 496 g/mol. The molecule has 0 atom stereocenters. The van der Waals surface area contributed by atoms with E-state index < -0.39 is 17.8 Å². The van der Waals surface area contributed by atoms with E-state index in [1.807, 2.05) is 32.0 Å². The Hall–Kier alpha value is -5.12. The first-order chi connectivity index (χ1) is 18.7. The Balaban J connectivity index is 1.66. The molecule has 10 heteroatoms. The van der Waals surface area contributed by atoms with Gasteiger partial charge in [-0.1, -0.05) is 24.3 Å². The van der Waals surface area contributed by atoms with E-state index in [-0.39, 0.29) is 23.7 Å². The van der Waals surface area contributed by atoms with Crippen LogP contribution in [0.2, 0.25) is 0 Å². The van der Waals surface area contributed by atoms with Crippen LogP contribution in [-0.2, 0) is 14.4 Å². The van der Waals surface area contributed by atoms with Gasteiger partial charge in [-0.15, -0.1) is 5.10 Å². The Kier molecular flexibility index (Phi) is 6.53. The molecule has 39 heavy (non-hydrogen) atoms. The van der Waals surface area contributed by atoms with Crippen LogP contribution < -0.4 is 14.8 Å². The molecule has 0 spiro atoms. The topological polar surface area (TPSA) is 119 Å². The lowest BCUT2D eigenvalue weighted by molar-refractivity contribution is -0.135. The molecular formula is C29H26N6O4. The summed E-state index contributed by atoms with van der Waals surface area (Å²) in [7, 11) is 1.70. The van der Waals surface area contributed by atoms with Gasteiger partial charge in [-0.3, -0.25) is 19.3 Å². The highest BCUT2D eigenvalue weighted by molar-refractivity contribution is 6.61.